The Morgan fingerprint density at radius 1 is 1.03 bits per heavy atom. The molecule has 216 valence electrons. The van der Waals surface area contributed by atoms with Gasteiger partial charge in [0.15, 0.2) is 9.04 Å². The first-order chi connectivity index (χ1) is 18.1. The predicted octanol–water partition coefficient (Wildman–Crippen LogP) is 6.79. The zero-order valence-electron chi connectivity index (χ0n) is 24.2. The maximum Gasteiger partial charge on any atom is 0.325 e. The molecule has 0 N–H and O–H groups in total. The molecule has 1 aromatic rings. The lowest BCUT2D eigenvalue weighted by atomic mass is 9.82. The highest BCUT2D eigenvalue weighted by Gasteiger charge is 2.51. The van der Waals surface area contributed by atoms with Crippen LogP contribution in [-0.4, -0.2) is 56.4 Å². The van der Waals surface area contributed by atoms with Gasteiger partial charge in [-0.15, -0.1) is 0 Å². The number of halogens is 2. The molecule has 2 rings (SSSR count). The number of hydrogen-bond acceptors (Lipinski definition) is 5. The van der Waals surface area contributed by atoms with Crippen LogP contribution in [0.25, 0.3) is 0 Å². The number of ketones is 1. The van der Waals surface area contributed by atoms with E-state index in [0.29, 0.717) is 38.6 Å². The lowest BCUT2D eigenvalue weighted by molar-refractivity contribution is -0.164. The Balaban J connectivity index is 2.55. The lowest BCUT2D eigenvalue weighted by Gasteiger charge is -2.37. The van der Waals surface area contributed by atoms with Crippen molar-refractivity contribution in [1.82, 2.24) is 4.90 Å². The molecular formula is C30H49F2NO4Si. The van der Waals surface area contributed by atoms with E-state index in [1.807, 2.05) is 69.1 Å². The molecule has 5 nitrogen and oxygen atoms in total. The molecule has 0 amide bonds. The molecule has 8 heteroatoms. The first kappa shape index (κ1) is 32.6. The number of rotatable bonds is 17. The van der Waals surface area contributed by atoms with Gasteiger partial charge in [-0.25, -0.2) is 8.78 Å². The molecule has 1 heterocycles. The van der Waals surface area contributed by atoms with Crippen LogP contribution in [0.3, 0.4) is 0 Å². The molecule has 0 aromatic heterocycles. The van der Waals surface area contributed by atoms with Crippen LogP contribution < -0.4 is 0 Å². The Morgan fingerprint density at radius 3 is 2.21 bits per heavy atom. The van der Waals surface area contributed by atoms with Crippen molar-refractivity contribution in [1.29, 1.82) is 0 Å². The van der Waals surface area contributed by atoms with Crippen molar-refractivity contribution in [2.75, 3.05) is 0 Å². The minimum atomic E-state index is -1.67. The number of Topliss-reactive ketones (excluding diaryl/α,β-unsaturated/α-hetero) is 1. The third-order valence-corrected chi connectivity index (χ3v) is 8.42. The minimum Gasteiger partial charge on any atom is -0.430 e. The summed E-state index contributed by atoms with van der Waals surface area (Å²) >= 11 is 0. The van der Waals surface area contributed by atoms with Crippen LogP contribution in [0.4, 0.5) is 8.78 Å². The summed E-state index contributed by atoms with van der Waals surface area (Å²) in [6.07, 6.45) is 0.657. The highest BCUT2D eigenvalue weighted by molar-refractivity contribution is 6.48. The first-order valence-electron chi connectivity index (χ1n) is 14.6. The summed E-state index contributed by atoms with van der Waals surface area (Å²) in [6.45, 7) is 11.9. The monoisotopic (exact) mass is 553 g/mol. The van der Waals surface area contributed by atoms with Gasteiger partial charge in [-0.05, 0) is 57.7 Å². The van der Waals surface area contributed by atoms with Crippen molar-refractivity contribution < 1.29 is 27.5 Å². The maximum absolute atomic E-state index is 15.7. The smallest absolute Gasteiger partial charge is 0.325 e. The quantitative estimate of drug-likeness (QED) is 0.157. The van der Waals surface area contributed by atoms with Gasteiger partial charge in [0.05, 0.1) is 6.10 Å². The van der Waals surface area contributed by atoms with Gasteiger partial charge in [0.2, 0.25) is 6.36 Å². The van der Waals surface area contributed by atoms with Crippen molar-refractivity contribution in [3.63, 3.8) is 0 Å². The van der Waals surface area contributed by atoms with Crippen LogP contribution in [0, 0.1) is 11.8 Å². The Kier molecular flexibility index (Phi) is 14.1. The van der Waals surface area contributed by atoms with E-state index in [1.54, 1.807) is 6.92 Å². The van der Waals surface area contributed by atoms with Crippen LogP contribution in [0.2, 0.25) is 13.1 Å². The Morgan fingerprint density at radius 2 is 1.66 bits per heavy atom. The fourth-order valence-corrected chi connectivity index (χ4v) is 6.77. The van der Waals surface area contributed by atoms with Crippen LogP contribution >= 0.6 is 0 Å². The summed E-state index contributed by atoms with van der Waals surface area (Å²) in [5, 5.41) is 0. The largest absolute Gasteiger partial charge is 0.430 e. The molecule has 1 aliphatic rings. The van der Waals surface area contributed by atoms with E-state index in [1.165, 1.54) is 0 Å². The number of alkyl halides is 2. The zero-order valence-corrected chi connectivity index (χ0v) is 25.4. The van der Waals surface area contributed by atoms with Crippen LogP contribution in [-0.2, 0) is 25.3 Å². The van der Waals surface area contributed by atoms with Gasteiger partial charge in [0.25, 0.3) is 0 Å². The molecule has 0 aliphatic carbocycles. The lowest BCUT2D eigenvalue weighted by Crippen LogP contribution is -2.46. The van der Waals surface area contributed by atoms with Crippen LogP contribution in [0.1, 0.15) is 84.6 Å². The van der Waals surface area contributed by atoms with E-state index >= 15 is 4.39 Å². The van der Waals surface area contributed by atoms with E-state index in [-0.39, 0.29) is 30.1 Å². The van der Waals surface area contributed by atoms with E-state index in [2.05, 4.69) is 0 Å². The molecule has 1 saturated heterocycles. The summed E-state index contributed by atoms with van der Waals surface area (Å²) in [5.41, 5.74) is 0.997. The van der Waals surface area contributed by atoms with Crippen molar-refractivity contribution in [2.24, 2.45) is 11.8 Å². The molecule has 1 aromatic carbocycles. The number of nitrogens with zero attached hydrogens (tertiary/aromatic N) is 1. The standard InChI is InChI=1S/C30H49F2NO4Si/c1-7-13-23(21(4)34)18-26-24(29(37-38(5)6)25(31)14-8-2)19-27(30(35)36-28(32)15-9-3)33(26)20-22-16-11-10-12-17-22/h10-12,16-17,23-29,38H,7-9,13-15,18-20H2,1-6H3/t23?,24-,25?,26-,27-,28?,29?/m1/s1. The normalized spacial score (nSPS) is 23.2. The molecule has 4 unspecified atom stereocenters. The number of likely N-dealkylation sites (tertiary alicyclic amines) is 1. The predicted molar refractivity (Wildman–Crippen MR) is 151 cm³/mol. The van der Waals surface area contributed by atoms with Crippen molar-refractivity contribution >= 4 is 20.8 Å². The van der Waals surface area contributed by atoms with Gasteiger partial charge in [-0.1, -0.05) is 63.9 Å². The number of carbonyl (C=O) groups is 2. The second-order valence-corrected chi connectivity index (χ2v) is 13.4. The highest BCUT2D eigenvalue weighted by Crippen LogP contribution is 2.41. The number of esters is 1. The van der Waals surface area contributed by atoms with E-state index in [0.717, 1.165) is 18.4 Å². The van der Waals surface area contributed by atoms with E-state index in [4.69, 9.17) is 9.16 Å². The third kappa shape index (κ3) is 9.52. The second-order valence-electron chi connectivity index (χ2n) is 11.1. The summed E-state index contributed by atoms with van der Waals surface area (Å²) < 4.78 is 41.8. The summed E-state index contributed by atoms with van der Waals surface area (Å²) in [5.74, 6) is -1.02. The average molecular weight is 554 g/mol. The van der Waals surface area contributed by atoms with Crippen LogP contribution in [0.5, 0.6) is 0 Å². The van der Waals surface area contributed by atoms with E-state index < -0.39 is 39.7 Å². The van der Waals surface area contributed by atoms with Gasteiger partial charge in [-0.3, -0.25) is 14.5 Å². The number of ether oxygens (including phenoxy) is 1. The molecule has 0 spiro atoms. The van der Waals surface area contributed by atoms with Crippen LogP contribution in [0.15, 0.2) is 30.3 Å². The van der Waals surface area contributed by atoms with Gasteiger partial charge in [0, 0.05) is 30.8 Å². The summed E-state index contributed by atoms with van der Waals surface area (Å²) in [6, 6.07) is 8.78. The minimum absolute atomic E-state index is 0.101. The average Bonchev–Trinajstić information content (AvgIpc) is 3.20. The number of hydrogen-bond donors (Lipinski definition) is 0. The summed E-state index contributed by atoms with van der Waals surface area (Å²) in [4.78, 5) is 28.1. The molecule has 1 aliphatic heterocycles. The Bertz CT molecular complexity index is 843. The van der Waals surface area contributed by atoms with Gasteiger partial charge in [0.1, 0.15) is 18.0 Å². The first-order valence-corrected chi connectivity index (χ1v) is 17.3. The highest BCUT2D eigenvalue weighted by atomic mass is 28.3. The molecule has 1 fully saturated rings. The topological polar surface area (TPSA) is 55.8 Å². The van der Waals surface area contributed by atoms with Gasteiger partial charge >= 0.3 is 5.97 Å². The molecule has 0 saturated carbocycles. The molecule has 7 atom stereocenters. The Hall–Kier alpha value is -1.64. The molecule has 38 heavy (non-hydrogen) atoms. The molecule has 0 radical (unpaired) electrons. The van der Waals surface area contributed by atoms with Crippen molar-refractivity contribution in [2.45, 2.75) is 129 Å². The number of carbonyl (C=O) groups excluding carboxylic acids is 2. The van der Waals surface area contributed by atoms with Crippen molar-refractivity contribution in [3.05, 3.63) is 35.9 Å². The molecular weight excluding hydrogens is 504 g/mol. The Labute approximate surface area is 230 Å². The van der Waals surface area contributed by atoms with Crippen molar-refractivity contribution in [3.8, 4) is 0 Å². The zero-order chi connectivity index (χ0) is 28.2. The third-order valence-electron chi connectivity index (χ3n) is 7.57. The summed E-state index contributed by atoms with van der Waals surface area (Å²) in [7, 11) is -1.63. The fraction of sp³-hybridized carbons (Fsp3) is 0.733. The number of benzene rings is 1. The van der Waals surface area contributed by atoms with Gasteiger partial charge in [-0.2, -0.15) is 0 Å². The fourth-order valence-electron chi connectivity index (χ4n) is 5.77. The SMILES string of the molecule is CCCC(F)OC(=O)[C@H]1C[C@@H](C(O[SiH](C)C)C(F)CCC)[C@@H](CC(CCC)C(C)=O)N1Cc1ccccc1. The second kappa shape index (κ2) is 16.5. The maximum atomic E-state index is 15.7. The molecule has 0 bridgehead atoms. The van der Waals surface area contributed by atoms with E-state index in [9.17, 15) is 14.0 Å². The van der Waals surface area contributed by atoms with Gasteiger partial charge < -0.3 is 9.16 Å².